The summed E-state index contributed by atoms with van der Waals surface area (Å²) in [4.78, 5) is 4.60. The highest BCUT2D eigenvalue weighted by Crippen LogP contribution is 2.10. The Hall–Kier alpha value is -0.0800. The number of guanidine groups is 1. The first-order valence-electron chi connectivity index (χ1n) is 8.94. The number of halogens is 1. The van der Waals surface area contributed by atoms with E-state index in [1.54, 1.807) is 0 Å². The van der Waals surface area contributed by atoms with Crippen LogP contribution in [0, 0.1) is 5.92 Å². The zero-order valence-electron chi connectivity index (χ0n) is 15.1. The van der Waals surface area contributed by atoms with Gasteiger partial charge in [0, 0.05) is 39.5 Å². The number of ether oxygens (including phenoxy) is 2. The Kier molecular flexibility index (Phi) is 15.4. The monoisotopic (exact) mass is 441 g/mol. The van der Waals surface area contributed by atoms with Crippen molar-refractivity contribution in [2.75, 3.05) is 39.5 Å². The molecule has 0 atom stereocenters. The second-order valence-electron chi connectivity index (χ2n) is 6.26. The molecule has 1 rings (SSSR count). The average molecular weight is 441 g/mol. The summed E-state index contributed by atoms with van der Waals surface area (Å²) in [6.07, 6.45) is 5.87. The lowest BCUT2D eigenvalue weighted by Crippen LogP contribution is -2.38. The number of nitrogens with one attached hydrogen (secondary N) is 2. The predicted octanol–water partition coefficient (Wildman–Crippen LogP) is 3.18. The van der Waals surface area contributed by atoms with E-state index in [-0.39, 0.29) is 24.0 Å². The molecule has 0 aromatic carbocycles. The Bertz CT molecular complexity index is 296. The average Bonchev–Trinajstić information content (AvgIpc) is 2.52. The zero-order chi connectivity index (χ0) is 16.0. The Morgan fingerprint density at radius 3 is 2.61 bits per heavy atom. The van der Waals surface area contributed by atoms with Crippen LogP contribution >= 0.6 is 24.0 Å². The highest BCUT2D eigenvalue weighted by Gasteiger charge is 2.13. The second-order valence-corrected chi connectivity index (χ2v) is 6.26. The van der Waals surface area contributed by atoms with Crippen LogP contribution in [-0.4, -0.2) is 51.5 Å². The van der Waals surface area contributed by atoms with Crippen molar-refractivity contribution in [1.29, 1.82) is 0 Å². The van der Waals surface area contributed by atoms with Gasteiger partial charge < -0.3 is 20.1 Å². The van der Waals surface area contributed by atoms with Crippen LogP contribution in [0.15, 0.2) is 4.99 Å². The Morgan fingerprint density at radius 1 is 1.22 bits per heavy atom. The third kappa shape index (κ3) is 12.9. The van der Waals surface area contributed by atoms with Crippen molar-refractivity contribution in [2.45, 2.75) is 59.0 Å². The molecule has 1 aliphatic heterocycles. The third-order valence-electron chi connectivity index (χ3n) is 3.69. The van der Waals surface area contributed by atoms with Gasteiger partial charge in [0.15, 0.2) is 5.96 Å². The molecule has 0 aromatic rings. The van der Waals surface area contributed by atoms with Gasteiger partial charge in [-0.3, -0.25) is 4.99 Å². The fourth-order valence-corrected chi connectivity index (χ4v) is 2.41. The summed E-state index contributed by atoms with van der Waals surface area (Å²) in [5.74, 6) is 1.70. The molecule has 0 saturated carbocycles. The maximum atomic E-state index is 5.86. The predicted molar refractivity (Wildman–Crippen MR) is 108 cm³/mol. The Morgan fingerprint density at radius 2 is 1.96 bits per heavy atom. The van der Waals surface area contributed by atoms with Gasteiger partial charge in [-0.25, -0.2) is 0 Å². The van der Waals surface area contributed by atoms with Crippen LogP contribution in [0.25, 0.3) is 0 Å². The maximum absolute atomic E-state index is 5.86. The van der Waals surface area contributed by atoms with Crippen LogP contribution in [-0.2, 0) is 9.47 Å². The molecular weight excluding hydrogens is 405 g/mol. The summed E-state index contributed by atoms with van der Waals surface area (Å²) in [5.41, 5.74) is 0. The van der Waals surface area contributed by atoms with E-state index >= 15 is 0 Å². The maximum Gasteiger partial charge on any atom is 0.191 e. The van der Waals surface area contributed by atoms with Gasteiger partial charge in [-0.1, -0.05) is 13.8 Å². The van der Waals surface area contributed by atoms with Crippen molar-refractivity contribution in [3.63, 3.8) is 0 Å². The first-order chi connectivity index (χ1) is 10.7. The van der Waals surface area contributed by atoms with E-state index in [4.69, 9.17) is 9.47 Å². The fraction of sp³-hybridized carbons (Fsp3) is 0.941. The van der Waals surface area contributed by atoms with Crippen LogP contribution in [0.5, 0.6) is 0 Å². The summed E-state index contributed by atoms with van der Waals surface area (Å²) >= 11 is 0. The minimum Gasteiger partial charge on any atom is -0.381 e. The number of hydrogen-bond donors (Lipinski definition) is 2. The molecular formula is C17H36IN3O2. The van der Waals surface area contributed by atoms with Gasteiger partial charge >= 0.3 is 0 Å². The molecule has 23 heavy (non-hydrogen) atoms. The van der Waals surface area contributed by atoms with Crippen LogP contribution in [0.1, 0.15) is 52.9 Å². The smallest absolute Gasteiger partial charge is 0.191 e. The lowest BCUT2D eigenvalue weighted by Gasteiger charge is -2.22. The highest BCUT2D eigenvalue weighted by molar-refractivity contribution is 14.0. The molecule has 0 bridgehead atoms. The van der Waals surface area contributed by atoms with E-state index in [1.807, 2.05) is 0 Å². The molecule has 1 saturated heterocycles. The molecule has 1 aliphatic rings. The first-order valence-corrected chi connectivity index (χ1v) is 8.94. The zero-order valence-corrected chi connectivity index (χ0v) is 17.4. The molecule has 0 aromatic heterocycles. The molecule has 6 heteroatoms. The third-order valence-corrected chi connectivity index (χ3v) is 3.69. The van der Waals surface area contributed by atoms with Gasteiger partial charge in [0.2, 0.25) is 0 Å². The van der Waals surface area contributed by atoms with E-state index in [1.165, 1.54) is 12.8 Å². The van der Waals surface area contributed by atoms with Crippen molar-refractivity contribution in [3.8, 4) is 0 Å². The number of hydrogen-bond acceptors (Lipinski definition) is 3. The van der Waals surface area contributed by atoms with Gasteiger partial charge in [0.25, 0.3) is 0 Å². The summed E-state index contributed by atoms with van der Waals surface area (Å²) < 4.78 is 11.2. The molecule has 138 valence electrons. The molecule has 1 heterocycles. The quantitative estimate of drug-likeness (QED) is 0.237. The number of aliphatic imine (C=N–C) groups is 1. The molecule has 0 amide bonds. The second kappa shape index (κ2) is 15.4. The van der Waals surface area contributed by atoms with Crippen molar-refractivity contribution >= 4 is 29.9 Å². The van der Waals surface area contributed by atoms with E-state index in [2.05, 4.69) is 36.4 Å². The molecule has 0 aliphatic carbocycles. The summed E-state index contributed by atoms with van der Waals surface area (Å²) in [6.45, 7) is 11.8. The van der Waals surface area contributed by atoms with Crippen molar-refractivity contribution in [1.82, 2.24) is 10.6 Å². The van der Waals surface area contributed by atoms with Crippen LogP contribution < -0.4 is 10.6 Å². The van der Waals surface area contributed by atoms with Crippen molar-refractivity contribution in [3.05, 3.63) is 0 Å². The highest BCUT2D eigenvalue weighted by atomic mass is 127. The first kappa shape index (κ1) is 22.9. The van der Waals surface area contributed by atoms with E-state index < -0.39 is 0 Å². The summed E-state index contributed by atoms with van der Waals surface area (Å²) in [7, 11) is 0. The van der Waals surface area contributed by atoms with Gasteiger partial charge in [0.1, 0.15) is 0 Å². The molecule has 5 nitrogen and oxygen atoms in total. The van der Waals surface area contributed by atoms with E-state index in [0.29, 0.717) is 6.10 Å². The minimum atomic E-state index is 0. The van der Waals surface area contributed by atoms with Gasteiger partial charge in [-0.2, -0.15) is 0 Å². The molecule has 2 N–H and O–H groups in total. The van der Waals surface area contributed by atoms with Crippen LogP contribution in [0.3, 0.4) is 0 Å². The topological polar surface area (TPSA) is 54.9 Å². The molecule has 0 unspecified atom stereocenters. The molecule has 1 fully saturated rings. The standard InChI is InChI=1S/C17H35N3O2.HI/c1-4-18-17(19-10-5-7-15(2)3)20-11-6-12-22-16-8-13-21-14-9-16;/h15-16H,4-14H2,1-3H3,(H2,18,19,20);1H. The normalized spacial score (nSPS) is 16.3. The van der Waals surface area contributed by atoms with Gasteiger partial charge in [-0.15, -0.1) is 24.0 Å². The Balaban J connectivity index is 0.00000484. The lowest BCUT2D eigenvalue weighted by molar-refractivity contribution is -0.0318. The Labute approximate surface area is 159 Å². The number of rotatable bonds is 10. The summed E-state index contributed by atoms with van der Waals surface area (Å²) in [6, 6.07) is 0. The van der Waals surface area contributed by atoms with Gasteiger partial charge in [0.05, 0.1) is 6.10 Å². The lowest BCUT2D eigenvalue weighted by atomic mass is 10.1. The van der Waals surface area contributed by atoms with Gasteiger partial charge in [-0.05, 0) is 44.9 Å². The molecule has 0 spiro atoms. The summed E-state index contributed by atoms with van der Waals surface area (Å²) in [5, 5.41) is 6.69. The number of nitrogens with zero attached hydrogens (tertiary/aromatic N) is 1. The van der Waals surface area contributed by atoms with Crippen LogP contribution in [0.2, 0.25) is 0 Å². The van der Waals surface area contributed by atoms with Crippen molar-refractivity contribution in [2.24, 2.45) is 10.9 Å². The largest absolute Gasteiger partial charge is 0.381 e. The van der Waals surface area contributed by atoms with E-state index in [9.17, 15) is 0 Å². The minimum absolute atomic E-state index is 0. The van der Waals surface area contributed by atoms with Crippen LogP contribution in [0.4, 0.5) is 0 Å². The van der Waals surface area contributed by atoms with E-state index in [0.717, 1.165) is 70.6 Å². The van der Waals surface area contributed by atoms with Crippen molar-refractivity contribution < 1.29 is 9.47 Å². The molecule has 0 radical (unpaired) electrons. The SMILES string of the molecule is CCNC(=NCCCOC1CCOCC1)NCCCC(C)C.I. The fourth-order valence-electron chi connectivity index (χ4n) is 2.41.